The Morgan fingerprint density at radius 3 is 3.21 bits per heavy atom. The number of H-pyrrole nitrogens is 1. The van der Waals surface area contributed by atoms with Gasteiger partial charge in [-0.1, -0.05) is 11.8 Å². The highest BCUT2D eigenvalue weighted by atomic mass is 32.2. The summed E-state index contributed by atoms with van der Waals surface area (Å²) >= 11 is 1.81. The van der Waals surface area contributed by atoms with E-state index < -0.39 is 0 Å². The molecular formula is C9H14N4S. The summed E-state index contributed by atoms with van der Waals surface area (Å²) in [5.74, 6) is 1.12. The van der Waals surface area contributed by atoms with E-state index in [9.17, 15) is 0 Å². The van der Waals surface area contributed by atoms with Gasteiger partial charge in [-0.15, -0.1) is 0 Å². The lowest BCUT2D eigenvalue weighted by Gasteiger charge is -2.00. The lowest BCUT2D eigenvalue weighted by molar-refractivity contribution is 0.903. The Bertz CT molecular complexity index is 294. The van der Waals surface area contributed by atoms with Gasteiger partial charge in [-0.3, -0.25) is 4.99 Å². The van der Waals surface area contributed by atoms with Crippen molar-refractivity contribution in [2.75, 3.05) is 18.8 Å². The predicted octanol–water partition coefficient (Wildman–Crippen LogP) is 1.03. The minimum atomic E-state index is 0.933. The number of thioether (sulfide) groups is 1. The molecule has 0 bridgehead atoms. The number of aryl methyl sites for hydroxylation is 1. The van der Waals surface area contributed by atoms with E-state index in [1.54, 1.807) is 6.33 Å². The Hall–Kier alpha value is -0.970. The number of amidine groups is 1. The third-order valence-corrected chi connectivity index (χ3v) is 3.07. The van der Waals surface area contributed by atoms with E-state index in [0.29, 0.717) is 0 Å². The standard InChI is InChI=1S/C9H14N4S/c1(2-8-6-10-7-13-8)5-14-9-11-3-4-12-9/h6-7H,1-5H2,(H,10,13)(H,11,12). The van der Waals surface area contributed by atoms with Gasteiger partial charge in [0, 0.05) is 24.2 Å². The molecule has 1 aliphatic rings. The number of hydrogen-bond acceptors (Lipinski definition) is 4. The van der Waals surface area contributed by atoms with Gasteiger partial charge >= 0.3 is 0 Å². The van der Waals surface area contributed by atoms with Crippen molar-refractivity contribution < 1.29 is 0 Å². The van der Waals surface area contributed by atoms with Crippen molar-refractivity contribution in [1.82, 2.24) is 15.3 Å². The molecule has 0 spiro atoms. The first kappa shape index (κ1) is 9.58. The van der Waals surface area contributed by atoms with Crippen LogP contribution in [0.2, 0.25) is 0 Å². The molecule has 0 radical (unpaired) electrons. The highest BCUT2D eigenvalue weighted by Crippen LogP contribution is 2.08. The molecule has 0 aromatic carbocycles. The summed E-state index contributed by atoms with van der Waals surface area (Å²) in [6.07, 6.45) is 5.84. The van der Waals surface area contributed by atoms with Crippen LogP contribution in [0.1, 0.15) is 12.1 Å². The van der Waals surface area contributed by atoms with Crippen molar-refractivity contribution in [1.29, 1.82) is 0 Å². The monoisotopic (exact) mass is 210 g/mol. The summed E-state index contributed by atoms with van der Waals surface area (Å²) in [6, 6.07) is 0. The highest BCUT2D eigenvalue weighted by Gasteiger charge is 2.04. The van der Waals surface area contributed by atoms with Gasteiger partial charge in [0.1, 0.15) is 0 Å². The maximum Gasteiger partial charge on any atom is 0.156 e. The number of rotatable bonds is 4. The van der Waals surface area contributed by atoms with Crippen molar-refractivity contribution in [3.8, 4) is 0 Å². The normalized spacial score (nSPS) is 15.3. The second kappa shape index (κ2) is 5.05. The predicted molar refractivity (Wildman–Crippen MR) is 59.7 cm³/mol. The van der Waals surface area contributed by atoms with Crippen molar-refractivity contribution >= 4 is 16.9 Å². The molecule has 76 valence electrons. The molecule has 2 heterocycles. The average Bonchev–Trinajstić information content (AvgIpc) is 2.86. The zero-order valence-corrected chi connectivity index (χ0v) is 8.81. The number of imidazole rings is 1. The first-order valence-corrected chi connectivity index (χ1v) is 5.82. The van der Waals surface area contributed by atoms with E-state index in [-0.39, 0.29) is 0 Å². The molecule has 1 aromatic heterocycles. The zero-order valence-electron chi connectivity index (χ0n) is 7.99. The largest absolute Gasteiger partial charge is 0.363 e. The average molecular weight is 210 g/mol. The van der Waals surface area contributed by atoms with Gasteiger partial charge in [0.25, 0.3) is 0 Å². The summed E-state index contributed by atoms with van der Waals surface area (Å²) in [4.78, 5) is 11.4. The number of nitrogens with one attached hydrogen (secondary N) is 2. The van der Waals surface area contributed by atoms with Crippen LogP contribution in [-0.2, 0) is 6.42 Å². The van der Waals surface area contributed by atoms with Gasteiger partial charge in [0.05, 0.1) is 12.9 Å². The minimum Gasteiger partial charge on any atom is -0.363 e. The Morgan fingerprint density at radius 2 is 2.50 bits per heavy atom. The minimum absolute atomic E-state index is 0.933. The molecule has 4 nitrogen and oxygen atoms in total. The SMILES string of the molecule is c1ncc(CCCSC2=NCCN2)[nH]1. The maximum absolute atomic E-state index is 4.32. The van der Waals surface area contributed by atoms with Gasteiger partial charge in [0.15, 0.2) is 5.17 Å². The summed E-state index contributed by atoms with van der Waals surface area (Å²) < 4.78 is 0. The van der Waals surface area contributed by atoms with Crippen LogP contribution in [0.5, 0.6) is 0 Å². The van der Waals surface area contributed by atoms with Crippen LogP contribution in [0.4, 0.5) is 0 Å². The van der Waals surface area contributed by atoms with E-state index in [1.807, 2.05) is 18.0 Å². The topological polar surface area (TPSA) is 53.1 Å². The maximum atomic E-state index is 4.32. The smallest absolute Gasteiger partial charge is 0.156 e. The number of aromatic nitrogens is 2. The molecule has 5 heteroatoms. The molecule has 2 N–H and O–H groups in total. The molecule has 0 aliphatic carbocycles. The highest BCUT2D eigenvalue weighted by molar-refractivity contribution is 8.13. The molecule has 0 unspecified atom stereocenters. The Morgan fingerprint density at radius 1 is 1.50 bits per heavy atom. The van der Waals surface area contributed by atoms with Crippen LogP contribution in [-0.4, -0.2) is 34.0 Å². The quantitative estimate of drug-likeness (QED) is 0.730. The van der Waals surface area contributed by atoms with E-state index in [4.69, 9.17) is 0 Å². The molecule has 1 aliphatic heterocycles. The third-order valence-electron chi connectivity index (χ3n) is 2.03. The molecule has 14 heavy (non-hydrogen) atoms. The second-order valence-corrected chi connectivity index (χ2v) is 4.23. The van der Waals surface area contributed by atoms with Crippen LogP contribution >= 0.6 is 11.8 Å². The lowest BCUT2D eigenvalue weighted by atomic mass is 10.3. The van der Waals surface area contributed by atoms with Crippen LogP contribution < -0.4 is 5.32 Å². The fraction of sp³-hybridized carbons (Fsp3) is 0.556. The molecule has 0 saturated heterocycles. The van der Waals surface area contributed by atoms with Crippen molar-refractivity contribution in [2.45, 2.75) is 12.8 Å². The van der Waals surface area contributed by atoms with E-state index in [2.05, 4.69) is 20.3 Å². The van der Waals surface area contributed by atoms with Gasteiger partial charge in [0.2, 0.25) is 0 Å². The van der Waals surface area contributed by atoms with Gasteiger partial charge < -0.3 is 10.3 Å². The van der Waals surface area contributed by atoms with Gasteiger partial charge in [-0.25, -0.2) is 4.98 Å². The molecular weight excluding hydrogens is 196 g/mol. The molecule has 0 atom stereocenters. The molecule has 0 fully saturated rings. The van der Waals surface area contributed by atoms with Crippen molar-refractivity contribution in [3.63, 3.8) is 0 Å². The molecule has 2 rings (SSSR count). The summed E-state index contributed by atoms with van der Waals surface area (Å²) in [7, 11) is 0. The van der Waals surface area contributed by atoms with Crippen molar-refractivity contribution in [3.05, 3.63) is 18.2 Å². The summed E-state index contributed by atoms with van der Waals surface area (Å²) in [5.41, 5.74) is 1.21. The summed E-state index contributed by atoms with van der Waals surface area (Å²) in [6.45, 7) is 1.94. The molecule has 0 saturated carbocycles. The van der Waals surface area contributed by atoms with E-state index in [0.717, 1.165) is 36.9 Å². The number of hydrogen-bond donors (Lipinski definition) is 2. The Kier molecular flexibility index (Phi) is 3.45. The first-order chi connectivity index (χ1) is 6.95. The van der Waals surface area contributed by atoms with Crippen LogP contribution in [0.25, 0.3) is 0 Å². The molecule has 0 amide bonds. The number of aliphatic imine (C=N–C) groups is 1. The first-order valence-electron chi connectivity index (χ1n) is 4.83. The Balaban J connectivity index is 1.59. The van der Waals surface area contributed by atoms with E-state index in [1.165, 1.54) is 5.69 Å². The summed E-state index contributed by atoms with van der Waals surface area (Å²) in [5, 5.41) is 4.35. The zero-order chi connectivity index (χ0) is 9.64. The number of aromatic amines is 1. The third kappa shape index (κ3) is 2.77. The lowest BCUT2D eigenvalue weighted by Crippen LogP contribution is -2.15. The van der Waals surface area contributed by atoms with Crippen LogP contribution in [0, 0.1) is 0 Å². The van der Waals surface area contributed by atoms with Crippen molar-refractivity contribution in [2.24, 2.45) is 4.99 Å². The fourth-order valence-electron chi connectivity index (χ4n) is 1.33. The van der Waals surface area contributed by atoms with Gasteiger partial charge in [-0.2, -0.15) is 0 Å². The van der Waals surface area contributed by atoms with Crippen LogP contribution in [0.15, 0.2) is 17.5 Å². The van der Waals surface area contributed by atoms with Gasteiger partial charge in [-0.05, 0) is 12.8 Å². The number of nitrogens with zero attached hydrogens (tertiary/aromatic N) is 2. The fourth-order valence-corrected chi connectivity index (χ4v) is 2.19. The second-order valence-electron chi connectivity index (χ2n) is 3.14. The van der Waals surface area contributed by atoms with E-state index >= 15 is 0 Å². The Labute approximate surface area is 87.6 Å². The molecule has 1 aromatic rings. The van der Waals surface area contributed by atoms with Crippen LogP contribution in [0.3, 0.4) is 0 Å².